The van der Waals surface area contributed by atoms with E-state index in [-0.39, 0.29) is 6.29 Å². The van der Waals surface area contributed by atoms with Gasteiger partial charge in [0.25, 0.3) is 0 Å². The number of nitrogens with zero attached hydrogens (tertiary/aromatic N) is 1. The summed E-state index contributed by atoms with van der Waals surface area (Å²) in [7, 11) is 1.65. The maximum atomic E-state index is 5.55. The highest BCUT2D eigenvalue weighted by molar-refractivity contribution is 4.92. The van der Waals surface area contributed by atoms with Crippen molar-refractivity contribution in [3.63, 3.8) is 0 Å². The highest BCUT2D eigenvalue weighted by Gasteiger charge is 2.12. The van der Waals surface area contributed by atoms with Crippen molar-refractivity contribution in [1.82, 2.24) is 4.90 Å². The Hall–Kier alpha value is -0.380. The van der Waals surface area contributed by atoms with Crippen LogP contribution in [0.1, 0.15) is 19.8 Å². The summed E-state index contributed by atoms with van der Waals surface area (Å²) < 4.78 is 10.7. The second-order valence-corrected chi connectivity index (χ2v) is 3.83. The minimum atomic E-state index is -0.238. The van der Waals surface area contributed by atoms with Crippen molar-refractivity contribution in [1.29, 1.82) is 0 Å². The SMILES string of the molecule is C=C(C)C(OC)OCCN1CCCC1. The highest BCUT2D eigenvalue weighted by Crippen LogP contribution is 2.08. The van der Waals surface area contributed by atoms with Crippen LogP contribution in [0, 0.1) is 0 Å². The Morgan fingerprint density at radius 3 is 2.57 bits per heavy atom. The quantitative estimate of drug-likeness (QED) is 0.479. The van der Waals surface area contributed by atoms with E-state index in [0.29, 0.717) is 0 Å². The fourth-order valence-corrected chi connectivity index (χ4v) is 1.71. The molecule has 1 rings (SSSR count). The summed E-state index contributed by atoms with van der Waals surface area (Å²) >= 11 is 0. The van der Waals surface area contributed by atoms with Crippen molar-refractivity contribution >= 4 is 0 Å². The molecule has 1 unspecified atom stereocenters. The van der Waals surface area contributed by atoms with Gasteiger partial charge in [-0.25, -0.2) is 0 Å². The molecule has 3 heteroatoms. The Morgan fingerprint density at radius 2 is 2.07 bits per heavy atom. The summed E-state index contributed by atoms with van der Waals surface area (Å²) in [5, 5.41) is 0. The van der Waals surface area contributed by atoms with E-state index in [1.165, 1.54) is 25.9 Å². The molecule has 0 saturated carbocycles. The number of likely N-dealkylation sites (tertiary alicyclic amines) is 1. The summed E-state index contributed by atoms with van der Waals surface area (Å²) in [5.41, 5.74) is 0.925. The van der Waals surface area contributed by atoms with Gasteiger partial charge in [-0.1, -0.05) is 6.58 Å². The smallest absolute Gasteiger partial charge is 0.178 e. The lowest BCUT2D eigenvalue weighted by atomic mass is 10.3. The number of hydrogen-bond donors (Lipinski definition) is 0. The van der Waals surface area contributed by atoms with Gasteiger partial charge in [0.2, 0.25) is 0 Å². The van der Waals surface area contributed by atoms with Crippen LogP contribution in [0.4, 0.5) is 0 Å². The number of ether oxygens (including phenoxy) is 2. The molecular formula is C11H21NO2. The van der Waals surface area contributed by atoms with Crippen molar-refractivity contribution in [3.8, 4) is 0 Å². The van der Waals surface area contributed by atoms with Crippen molar-refractivity contribution < 1.29 is 9.47 Å². The van der Waals surface area contributed by atoms with Gasteiger partial charge in [-0.3, -0.25) is 0 Å². The largest absolute Gasteiger partial charge is 0.352 e. The molecule has 0 spiro atoms. The van der Waals surface area contributed by atoms with Gasteiger partial charge in [0.15, 0.2) is 6.29 Å². The number of hydrogen-bond acceptors (Lipinski definition) is 3. The normalized spacial score (nSPS) is 19.9. The first kappa shape index (κ1) is 11.7. The van der Waals surface area contributed by atoms with Crippen LogP contribution in [0.15, 0.2) is 12.2 Å². The third-order valence-electron chi connectivity index (χ3n) is 2.49. The lowest BCUT2D eigenvalue weighted by Crippen LogP contribution is -2.27. The molecule has 1 aliphatic heterocycles. The zero-order valence-electron chi connectivity index (χ0n) is 9.29. The first-order valence-corrected chi connectivity index (χ1v) is 5.26. The molecule has 0 aromatic heterocycles. The topological polar surface area (TPSA) is 21.7 Å². The Balaban J connectivity index is 2.09. The molecule has 0 bridgehead atoms. The zero-order chi connectivity index (χ0) is 10.4. The van der Waals surface area contributed by atoms with E-state index in [0.717, 1.165) is 18.7 Å². The van der Waals surface area contributed by atoms with Crippen LogP contribution in [0.5, 0.6) is 0 Å². The lowest BCUT2D eigenvalue weighted by Gasteiger charge is -2.19. The predicted molar refractivity (Wildman–Crippen MR) is 57.2 cm³/mol. The molecule has 1 aliphatic rings. The van der Waals surface area contributed by atoms with E-state index in [2.05, 4.69) is 11.5 Å². The van der Waals surface area contributed by atoms with Crippen LogP contribution in [-0.4, -0.2) is 44.5 Å². The van der Waals surface area contributed by atoms with E-state index >= 15 is 0 Å². The Kier molecular flexibility index (Phi) is 5.15. The van der Waals surface area contributed by atoms with Gasteiger partial charge in [-0.2, -0.15) is 0 Å². The Labute approximate surface area is 86.7 Å². The molecule has 0 aromatic carbocycles. The average Bonchev–Trinajstić information content (AvgIpc) is 2.64. The molecule has 1 atom stereocenters. The standard InChI is InChI=1S/C11H21NO2/c1-10(2)11(13-3)14-9-8-12-6-4-5-7-12/h11H,1,4-9H2,2-3H3. The van der Waals surface area contributed by atoms with Gasteiger partial charge in [0, 0.05) is 13.7 Å². The molecule has 0 amide bonds. The van der Waals surface area contributed by atoms with Crippen LogP contribution in [0.2, 0.25) is 0 Å². The molecule has 1 heterocycles. The van der Waals surface area contributed by atoms with E-state index in [4.69, 9.17) is 9.47 Å². The van der Waals surface area contributed by atoms with Crippen LogP contribution >= 0.6 is 0 Å². The first-order valence-electron chi connectivity index (χ1n) is 5.26. The van der Waals surface area contributed by atoms with E-state index in [1.54, 1.807) is 7.11 Å². The molecular weight excluding hydrogens is 178 g/mol. The van der Waals surface area contributed by atoms with Gasteiger partial charge in [0.1, 0.15) is 0 Å². The molecule has 1 saturated heterocycles. The minimum absolute atomic E-state index is 0.238. The van der Waals surface area contributed by atoms with E-state index in [9.17, 15) is 0 Å². The summed E-state index contributed by atoms with van der Waals surface area (Å²) in [5.74, 6) is 0. The van der Waals surface area contributed by atoms with Crippen molar-refractivity contribution in [3.05, 3.63) is 12.2 Å². The molecule has 14 heavy (non-hydrogen) atoms. The highest BCUT2D eigenvalue weighted by atomic mass is 16.7. The average molecular weight is 199 g/mol. The Bertz CT molecular complexity index is 176. The van der Waals surface area contributed by atoms with Crippen LogP contribution in [0.3, 0.4) is 0 Å². The molecule has 0 N–H and O–H groups in total. The minimum Gasteiger partial charge on any atom is -0.352 e. The van der Waals surface area contributed by atoms with Crippen LogP contribution < -0.4 is 0 Å². The van der Waals surface area contributed by atoms with Crippen molar-refractivity contribution in [2.24, 2.45) is 0 Å². The second-order valence-electron chi connectivity index (χ2n) is 3.83. The predicted octanol–water partition coefficient (Wildman–Crippen LogP) is 1.65. The van der Waals surface area contributed by atoms with Crippen LogP contribution in [0.25, 0.3) is 0 Å². The fraction of sp³-hybridized carbons (Fsp3) is 0.818. The van der Waals surface area contributed by atoms with Gasteiger partial charge in [0.05, 0.1) is 6.61 Å². The molecule has 0 aliphatic carbocycles. The van der Waals surface area contributed by atoms with Gasteiger partial charge in [-0.05, 0) is 38.4 Å². The van der Waals surface area contributed by atoms with Crippen LogP contribution in [-0.2, 0) is 9.47 Å². The van der Waals surface area contributed by atoms with Crippen molar-refractivity contribution in [2.45, 2.75) is 26.1 Å². The van der Waals surface area contributed by atoms with Crippen molar-refractivity contribution in [2.75, 3.05) is 33.4 Å². The summed E-state index contributed by atoms with van der Waals surface area (Å²) in [6, 6.07) is 0. The summed E-state index contributed by atoms with van der Waals surface area (Å²) in [6.45, 7) is 9.90. The fourth-order valence-electron chi connectivity index (χ4n) is 1.71. The molecule has 82 valence electrons. The first-order chi connectivity index (χ1) is 6.74. The summed E-state index contributed by atoms with van der Waals surface area (Å²) in [4.78, 5) is 2.42. The Morgan fingerprint density at radius 1 is 1.43 bits per heavy atom. The molecule has 3 nitrogen and oxygen atoms in total. The molecule has 0 aromatic rings. The van der Waals surface area contributed by atoms with Gasteiger partial charge < -0.3 is 14.4 Å². The number of methoxy groups -OCH3 is 1. The monoisotopic (exact) mass is 199 g/mol. The van der Waals surface area contributed by atoms with Gasteiger partial charge >= 0.3 is 0 Å². The maximum Gasteiger partial charge on any atom is 0.178 e. The molecule has 0 radical (unpaired) electrons. The lowest BCUT2D eigenvalue weighted by molar-refractivity contribution is -0.101. The maximum absolute atomic E-state index is 5.55. The van der Waals surface area contributed by atoms with E-state index in [1.807, 2.05) is 6.92 Å². The van der Waals surface area contributed by atoms with E-state index < -0.39 is 0 Å². The second kappa shape index (κ2) is 6.17. The zero-order valence-corrected chi connectivity index (χ0v) is 9.29. The molecule has 1 fully saturated rings. The number of rotatable bonds is 6. The van der Waals surface area contributed by atoms with Gasteiger partial charge in [-0.15, -0.1) is 0 Å². The summed E-state index contributed by atoms with van der Waals surface area (Å²) in [6.07, 6.45) is 2.42. The third kappa shape index (κ3) is 3.78. The third-order valence-corrected chi connectivity index (χ3v) is 2.49.